The maximum Gasteiger partial charge on any atom is 0.411 e. The van der Waals surface area contributed by atoms with Gasteiger partial charge in [0, 0.05) is 35.0 Å². The molecule has 3 aromatic rings. The molecule has 1 heterocycles. The Morgan fingerprint density at radius 1 is 0.921 bits per heavy atom. The standard InChI is InChI=1S/C30H37N3O5/c1-18-9-10-21(16-23(18)24-17-26(38-33-24)25(34)11-12-29(2,3)4)31-27(35)19-13-20(30(5,6)7)15-22(14-19)32-28(36)37-8/h9-10,13-17H,11-12H2,1-8H3,(H,31,35)(H,32,36). The molecule has 0 unspecified atom stereocenters. The topological polar surface area (TPSA) is 111 Å². The molecule has 38 heavy (non-hydrogen) atoms. The summed E-state index contributed by atoms with van der Waals surface area (Å²) in [4.78, 5) is 37.6. The van der Waals surface area contributed by atoms with Crippen LogP contribution in [0.25, 0.3) is 11.3 Å². The zero-order valence-corrected chi connectivity index (χ0v) is 23.4. The second-order valence-corrected chi connectivity index (χ2v) is 11.7. The number of ether oxygens (including phenoxy) is 1. The SMILES string of the molecule is COC(=O)Nc1cc(C(=O)Nc2ccc(C)c(-c3cc(C(=O)CCC(C)(C)C)on3)c2)cc(C(C)(C)C)c1. The number of nitrogens with one attached hydrogen (secondary N) is 2. The number of ketones is 1. The van der Waals surface area contributed by atoms with Crippen LogP contribution in [-0.4, -0.2) is 30.1 Å². The second-order valence-electron chi connectivity index (χ2n) is 11.7. The van der Waals surface area contributed by atoms with Gasteiger partial charge in [0.25, 0.3) is 5.91 Å². The molecule has 0 aliphatic heterocycles. The summed E-state index contributed by atoms with van der Waals surface area (Å²) >= 11 is 0. The molecule has 0 radical (unpaired) electrons. The normalized spacial score (nSPS) is 11.7. The Balaban J connectivity index is 1.85. The number of aryl methyl sites for hydroxylation is 1. The van der Waals surface area contributed by atoms with Crippen LogP contribution in [0, 0.1) is 12.3 Å². The summed E-state index contributed by atoms with van der Waals surface area (Å²) in [5.41, 5.74) is 4.28. The molecule has 0 aliphatic rings. The Morgan fingerprint density at radius 2 is 1.63 bits per heavy atom. The van der Waals surface area contributed by atoms with Gasteiger partial charge in [0.2, 0.25) is 11.5 Å². The van der Waals surface area contributed by atoms with Crippen molar-refractivity contribution in [1.29, 1.82) is 0 Å². The van der Waals surface area contributed by atoms with Crippen LogP contribution in [0.2, 0.25) is 0 Å². The first-order valence-electron chi connectivity index (χ1n) is 12.6. The number of Topliss-reactive ketones (excluding diaryl/α,β-unsaturated/α-hetero) is 1. The number of anilines is 2. The fraction of sp³-hybridized carbons (Fsp3) is 0.400. The Bertz CT molecular complexity index is 1340. The van der Waals surface area contributed by atoms with Gasteiger partial charge in [-0.1, -0.05) is 52.8 Å². The molecule has 0 fully saturated rings. The first-order chi connectivity index (χ1) is 17.7. The lowest BCUT2D eigenvalue weighted by Gasteiger charge is -2.21. The van der Waals surface area contributed by atoms with E-state index in [0.29, 0.717) is 29.1 Å². The first-order valence-corrected chi connectivity index (χ1v) is 12.6. The van der Waals surface area contributed by atoms with Gasteiger partial charge in [-0.05, 0) is 65.6 Å². The quantitative estimate of drug-likeness (QED) is 0.315. The Hall–Kier alpha value is -3.94. The lowest BCUT2D eigenvalue weighted by molar-refractivity contribution is 0.0929. The van der Waals surface area contributed by atoms with Crippen LogP contribution in [0.5, 0.6) is 0 Å². The molecular weight excluding hydrogens is 482 g/mol. The maximum absolute atomic E-state index is 13.2. The highest BCUT2D eigenvalue weighted by atomic mass is 16.5. The molecular formula is C30H37N3O5. The van der Waals surface area contributed by atoms with Crippen molar-refractivity contribution in [2.24, 2.45) is 5.41 Å². The van der Waals surface area contributed by atoms with E-state index >= 15 is 0 Å². The van der Waals surface area contributed by atoms with Gasteiger partial charge in [0.1, 0.15) is 5.69 Å². The van der Waals surface area contributed by atoms with E-state index in [1.54, 1.807) is 30.3 Å². The lowest BCUT2D eigenvalue weighted by atomic mass is 9.85. The van der Waals surface area contributed by atoms with E-state index < -0.39 is 6.09 Å². The van der Waals surface area contributed by atoms with Crippen LogP contribution in [-0.2, 0) is 10.2 Å². The van der Waals surface area contributed by atoms with E-state index in [9.17, 15) is 14.4 Å². The Morgan fingerprint density at radius 3 is 2.26 bits per heavy atom. The summed E-state index contributed by atoms with van der Waals surface area (Å²) in [5, 5.41) is 9.69. The zero-order valence-electron chi connectivity index (χ0n) is 23.4. The minimum absolute atomic E-state index is 0.0458. The van der Waals surface area contributed by atoms with Crippen molar-refractivity contribution in [3.63, 3.8) is 0 Å². The minimum Gasteiger partial charge on any atom is -0.453 e. The third kappa shape index (κ3) is 7.54. The molecule has 3 rings (SSSR count). The molecule has 0 aliphatic carbocycles. The third-order valence-corrected chi connectivity index (χ3v) is 6.15. The number of nitrogens with zero attached hydrogens (tertiary/aromatic N) is 1. The van der Waals surface area contributed by atoms with Crippen LogP contribution in [0.3, 0.4) is 0 Å². The van der Waals surface area contributed by atoms with Crippen molar-refractivity contribution >= 4 is 29.2 Å². The van der Waals surface area contributed by atoms with Crippen molar-refractivity contribution in [1.82, 2.24) is 5.16 Å². The molecule has 8 nitrogen and oxygen atoms in total. The number of amides is 2. The summed E-state index contributed by atoms with van der Waals surface area (Å²) in [6, 6.07) is 12.3. The van der Waals surface area contributed by atoms with E-state index in [-0.39, 0.29) is 28.3 Å². The summed E-state index contributed by atoms with van der Waals surface area (Å²) in [5.74, 6) is -0.198. The van der Waals surface area contributed by atoms with Crippen molar-refractivity contribution in [2.45, 2.75) is 66.7 Å². The largest absolute Gasteiger partial charge is 0.453 e. The molecule has 2 amide bonds. The van der Waals surface area contributed by atoms with Crippen LogP contribution >= 0.6 is 0 Å². The van der Waals surface area contributed by atoms with E-state index in [4.69, 9.17) is 9.26 Å². The Kier molecular flexibility index (Phi) is 8.44. The predicted molar refractivity (Wildman–Crippen MR) is 149 cm³/mol. The first kappa shape index (κ1) is 28.6. The second kappa shape index (κ2) is 11.2. The number of benzene rings is 2. The van der Waals surface area contributed by atoms with Gasteiger partial charge in [-0.2, -0.15) is 0 Å². The molecule has 0 bridgehead atoms. The molecule has 8 heteroatoms. The van der Waals surface area contributed by atoms with E-state index in [1.807, 2.05) is 39.8 Å². The number of rotatable bonds is 7. The highest BCUT2D eigenvalue weighted by molar-refractivity contribution is 6.05. The number of methoxy groups -OCH3 is 1. The average Bonchev–Trinajstić information content (AvgIpc) is 3.32. The zero-order chi connectivity index (χ0) is 28.3. The minimum atomic E-state index is -0.616. The number of aromatic nitrogens is 1. The molecule has 2 aromatic carbocycles. The molecule has 202 valence electrons. The summed E-state index contributed by atoms with van der Waals surface area (Å²) in [7, 11) is 1.28. The Labute approximate surface area is 224 Å². The molecule has 0 atom stereocenters. The van der Waals surface area contributed by atoms with Crippen molar-refractivity contribution in [2.75, 3.05) is 17.7 Å². The highest BCUT2D eigenvalue weighted by Crippen LogP contribution is 2.30. The van der Waals surface area contributed by atoms with Crippen LogP contribution < -0.4 is 10.6 Å². The van der Waals surface area contributed by atoms with Gasteiger partial charge in [-0.3, -0.25) is 14.9 Å². The number of carbonyl (C=O) groups is 3. The van der Waals surface area contributed by atoms with Gasteiger partial charge in [0.15, 0.2) is 0 Å². The highest BCUT2D eigenvalue weighted by Gasteiger charge is 2.21. The van der Waals surface area contributed by atoms with Gasteiger partial charge < -0.3 is 14.6 Å². The van der Waals surface area contributed by atoms with E-state index in [0.717, 1.165) is 23.1 Å². The molecule has 1 aromatic heterocycles. The fourth-order valence-corrected chi connectivity index (χ4v) is 3.76. The molecule has 0 saturated heterocycles. The van der Waals surface area contributed by atoms with Crippen molar-refractivity contribution in [3.8, 4) is 11.3 Å². The average molecular weight is 520 g/mol. The lowest BCUT2D eigenvalue weighted by Crippen LogP contribution is -2.18. The van der Waals surface area contributed by atoms with Gasteiger partial charge in [-0.25, -0.2) is 4.79 Å². The maximum atomic E-state index is 13.2. The van der Waals surface area contributed by atoms with E-state index in [2.05, 4.69) is 36.6 Å². The number of hydrogen-bond donors (Lipinski definition) is 2. The van der Waals surface area contributed by atoms with Gasteiger partial charge in [0.05, 0.1) is 7.11 Å². The molecule has 0 spiro atoms. The van der Waals surface area contributed by atoms with Gasteiger partial charge >= 0.3 is 6.09 Å². The van der Waals surface area contributed by atoms with E-state index in [1.165, 1.54) is 7.11 Å². The third-order valence-electron chi connectivity index (χ3n) is 6.15. The van der Waals surface area contributed by atoms with Crippen LogP contribution in [0.15, 0.2) is 47.0 Å². The smallest absolute Gasteiger partial charge is 0.411 e. The number of hydrogen-bond acceptors (Lipinski definition) is 6. The summed E-state index contributed by atoms with van der Waals surface area (Å²) in [6.07, 6.45) is 0.512. The monoisotopic (exact) mass is 519 g/mol. The van der Waals surface area contributed by atoms with Crippen LogP contribution in [0.4, 0.5) is 16.2 Å². The number of carbonyl (C=O) groups excluding carboxylic acids is 3. The summed E-state index contributed by atoms with van der Waals surface area (Å²) < 4.78 is 10.1. The van der Waals surface area contributed by atoms with Gasteiger partial charge in [-0.15, -0.1) is 0 Å². The molecule has 2 N–H and O–H groups in total. The van der Waals surface area contributed by atoms with Crippen molar-refractivity contribution in [3.05, 3.63) is 64.9 Å². The van der Waals surface area contributed by atoms with Crippen molar-refractivity contribution < 1.29 is 23.6 Å². The predicted octanol–water partition coefficient (Wildman–Crippen LogP) is 7.39. The van der Waals surface area contributed by atoms with Crippen LogP contribution in [0.1, 0.15) is 86.4 Å². The summed E-state index contributed by atoms with van der Waals surface area (Å²) in [6.45, 7) is 14.3. The molecule has 0 saturated carbocycles. The fourth-order valence-electron chi connectivity index (χ4n) is 3.76.